The number of ether oxygens (including phenoxy) is 2. The third-order valence-electron chi connectivity index (χ3n) is 6.95. The van der Waals surface area contributed by atoms with Crippen molar-refractivity contribution in [3.8, 4) is 0 Å². The van der Waals surface area contributed by atoms with Crippen molar-refractivity contribution in [3.05, 3.63) is 47.2 Å². The van der Waals surface area contributed by atoms with Crippen LogP contribution in [0.2, 0.25) is 0 Å². The summed E-state index contributed by atoms with van der Waals surface area (Å²) in [6.45, 7) is 4.98. The quantitative estimate of drug-likeness (QED) is 0.747. The predicted octanol–water partition coefficient (Wildman–Crippen LogP) is 2.70. The molecule has 1 amide bonds. The van der Waals surface area contributed by atoms with Crippen LogP contribution in [0, 0.1) is 5.92 Å². The first-order valence-electron chi connectivity index (χ1n) is 11.3. The largest absolute Gasteiger partial charge is 0.483 e. The van der Waals surface area contributed by atoms with Gasteiger partial charge in [-0.15, -0.1) is 0 Å². The highest BCUT2D eigenvalue weighted by Gasteiger charge is 2.51. The van der Waals surface area contributed by atoms with Crippen molar-refractivity contribution in [1.82, 2.24) is 9.80 Å². The van der Waals surface area contributed by atoms with E-state index >= 15 is 0 Å². The normalized spacial score (nSPS) is 29.6. The Bertz CT molecular complexity index is 831. The summed E-state index contributed by atoms with van der Waals surface area (Å²) in [5.41, 5.74) is 1.59. The molecule has 6 nitrogen and oxygen atoms in total. The summed E-state index contributed by atoms with van der Waals surface area (Å²) in [5, 5.41) is 0. The monoisotopic (exact) mass is 410 g/mol. The average molecular weight is 411 g/mol. The SMILES string of the molecule is O=C1C2=C(OC3CCCCC13)C(=O)N(CCCN1CCOCC1)C2c1ccccc1. The second-order valence-corrected chi connectivity index (χ2v) is 8.77. The minimum absolute atomic E-state index is 0.0928. The zero-order chi connectivity index (χ0) is 20.5. The number of benzene rings is 1. The van der Waals surface area contributed by atoms with Gasteiger partial charge in [0.15, 0.2) is 11.5 Å². The highest BCUT2D eigenvalue weighted by atomic mass is 16.5. The van der Waals surface area contributed by atoms with Crippen molar-refractivity contribution in [2.24, 2.45) is 5.92 Å². The summed E-state index contributed by atoms with van der Waals surface area (Å²) in [5.74, 6) is 0.255. The molecule has 3 atom stereocenters. The van der Waals surface area contributed by atoms with E-state index in [-0.39, 0.29) is 29.8 Å². The molecule has 0 bridgehead atoms. The lowest BCUT2D eigenvalue weighted by atomic mass is 9.77. The molecular formula is C24H30N2O4. The smallest absolute Gasteiger partial charge is 0.290 e. The Morgan fingerprint density at radius 2 is 1.73 bits per heavy atom. The van der Waals surface area contributed by atoms with E-state index in [1.165, 1.54) is 0 Å². The Morgan fingerprint density at radius 1 is 0.967 bits per heavy atom. The number of Topliss-reactive ketones (excluding diaryl/α,β-unsaturated/α-hetero) is 1. The minimum atomic E-state index is -0.325. The molecule has 3 aliphatic heterocycles. The molecule has 3 heterocycles. The number of carbonyl (C=O) groups excluding carboxylic acids is 2. The van der Waals surface area contributed by atoms with Crippen molar-refractivity contribution < 1.29 is 19.1 Å². The molecule has 1 saturated heterocycles. The number of nitrogens with zero attached hydrogens (tertiary/aromatic N) is 2. The van der Waals surface area contributed by atoms with Gasteiger partial charge in [0, 0.05) is 26.2 Å². The highest BCUT2D eigenvalue weighted by Crippen LogP contribution is 2.46. The second-order valence-electron chi connectivity index (χ2n) is 8.77. The second kappa shape index (κ2) is 8.52. The predicted molar refractivity (Wildman–Crippen MR) is 112 cm³/mol. The molecule has 0 aromatic heterocycles. The third kappa shape index (κ3) is 3.56. The Balaban J connectivity index is 1.40. The van der Waals surface area contributed by atoms with Crippen molar-refractivity contribution in [2.75, 3.05) is 39.4 Å². The summed E-state index contributed by atoms with van der Waals surface area (Å²) in [4.78, 5) is 31.1. The molecule has 0 N–H and O–H groups in total. The first-order chi connectivity index (χ1) is 14.7. The zero-order valence-electron chi connectivity index (χ0n) is 17.4. The van der Waals surface area contributed by atoms with E-state index < -0.39 is 0 Å². The summed E-state index contributed by atoms with van der Waals surface area (Å²) >= 11 is 0. The van der Waals surface area contributed by atoms with Gasteiger partial charge >= 0.3 is 0 Å². The molecule has 30 heavy (non-hydrogen) atoms. The van der Waals surface area contributed by atoms with E-state index in [0.29, 0.717) is 17.9 Å². The van der Waals surface area contributed by atoms with Gasteiger partial charge in [-0.1, -0.05) is 36.8 Å². The molecule has 0 radical (unpaired) electrons. The van der Waals surface area contributed by atoms with Crippen molar-refractivity contribution in [1.29, 1.82) is 0 Å². The summed E-state index contributed by atoms with van der Waals surface area (Å²) in [6, 6.07) is 9.62. The number of amides is 1. The Morgan fingerprint density at radius 3 is 2.53 bits per heavy atom. The van der Waals surface area contributed by atoms with Gasteiger partial charge in [-0.3, -0.25) is 14.5 Å². The van der Waals surface area contributed by atoms with Crippen LogP contribution in [-0.4, -0.2) is 67.0 Å². The number of morpholine rings is 1. The molecule has 4 aliphatic rings. The van der Waals surface area contributed by atoms with Crippen LogP contribution < -0.4 is 0 Å². The molecule has 1 aliphatic carbocycles. The standard InChI is InChI=1S/C24H30N2O4/c27-22-18-9-4-5-10-19(18)30-23-20(22)21(17-7-2-1-3-8-17)26(24(23)28)12-6-11-25-13-15-29-16-14-25/h1-3,7-8,18-19,21H,4-6,9-16H2. The number of fused-ring (bicyclic) bond motifs is 1. The van der Waals surface area contributed by atoms with E-state index in [1.807, 2.05) is 35.2 Å². The van der Waals surface area contributed by atoms with E-state index in [0.717, 1.165) is 70.5 Å². The number of ketones is 1. The van der Waals surface area contributed by atoms with Gasteiger partial charge in [-0.05, 0) is 31.2 Å². The van der Waals surface area contributed by atoms with E-state index in [9.17, 15) is 9.59 Å². The third-order valence-corrected chi connectivity index (χ3v) is 6.95. The van der Waals surface area contributed by atoms with E-state index in [2.05, 4.69) is 4.90 Å². The Labute approximate surface area is 177 Å². The van der Waals surface area contributed by atoms with Gasteiger partial charge in [-0.2, -0.15) is 0 Å². The first kappa shape index (κ1) is 19.8. The lowest BCUT2D eigenvalue weighted by Crippen LogP contribution is -2.39. The van der Waals surface area contributed by atoms with Crippen LogP contribution in [0.15, 0.2) is 41.7 Å². The number of carbonyl (C=O) groups is 2. The van der Waals surface area contributed by atoms with Crippen molar-refractivity contribution in [2.45, 2.75) is 44.2 Å². The molecule has 6 heteroatoms. The fourth-order valence-electron chi connectivity index (χ4n) is 5.39. The lowest BCUT2D eigenvalue weighted by molar-refractivity contribution is -0.135. The number of hydrogen-bond acceptors (Lipinski definition) is 5. The maximum Gasteiger partial charge on any atom is 0.290 e. The molecule has 1 aromatic rings. The van der Waals surface area contributed by atoms with Crippen LogP contribution in [0.1, 0.15) is 43.7 Å². The van der Waals surface area contributed by atoms with Gasteiger partial charge in [-0.25, -0.2) is 0 Å². The molecule has 2 fully saturated rings. The summed E-state index contributed by atoms with van der Waals surface area (Å²) < 4.78 is 11.6. The summed E-state index contributed by atoms with van der Waals surface area (Å²) in [7, 11) is 0. The maximum atomic E-state index is 13.5. The number of hydrogen-bond donors (Lipinski definition) is 0. The van der Waals surface area contributed by atoms with Gasteiger partial charge < -0.3 is 14.4 Å². The molecule has 3 unspecified atom stereocenters. The van der Waals surface area contributed by atoms with Crippen LogP contribution in [0.25, 0.3) is 0 Å². The Kier molecular flexibility index (Phi) is 5.61. The molecule has 160 valence electrons. The molecule has 1 aromatic carbocycles. The first-order valence-corrected chi connectivity index (χ1v) is 11.3. The average Bonchev–Trinajstić information content (AvgIpc) is 3.07. The van der Waals surface area contributed by atoms with Crippen LogP contribution in [-0.2, 0) is 19.1 Å². The van der Waals surface area contributed by atoms with E-state index in [4.69, 9.17) is 9.47 Å². The topological polar surface area (TPSA) is 59.1 Å². The van der Waals surface area contributed by atoms with Gasteiger partial charge in [0.25, 0.3) is 5.91 Å². The Hall–Kier alpha value is -2.18. The zero-order valence-corrected chi connectivity index (χ0v) is 17.4. The fourth-order valence-corrected chi connectivity index (χ4v) is 5.39. The molecule has 0 spiro atoms. The molecule has 1 saturated carbocycles. The number of rotatable bonds is 5. The van der Waals surface area contributed by atoms with Crippen LogP contribution in [0.3, 0.4) is 0 Å². The highest BCUT2D eigenvalue weighted by molar-refractivity contribution is 6.11. The van der Waals surface area contributed by atoms with Crippen molar-refractivity contribution in [3.63, 3.8) is 0 Å². The molecule has 5 rings (SSSR count). The summed E-state index contributed by atoms with van der Waals surface area (Å²) in [6.07, 6.45) is 4.61. The van der Waals surface area contributed by atoms with Gasteiger partial charge in [0.2, 0.25) is 0 Å². The van der Waals surface area contributed by atoms with Gasteiger partial charge in [0.05, 0.1) is 30.7 Å². The van der Waals surface area contributed by atoms with Crippen LogP contribution in [0.5, 0.6) is 0 Å². The fraction of sp³-hybridized carbons (Fsp3) is 0.583. The van der Waals surface area contributed by atoms with Gasteiger partial charge in [0.1, 0.15) is 6.10 Å². The van der Waals surface area contributed by atoms with Crippen LogP contribution in [0.4, 0.5) is 0 Å². The van der Waals surface area contributed by atoms with E-state index in [1.54, 1.807) is 0 Å². The lowest BCUT2D eigenvalue weighted by Gasteiger charge is -2.35. The van der Waals surface area contributed by atoms with Crippen molar-refractivity contribution >= 4 is 11.7 Å². The van der Waals surface area contributed by atoms with Crippen LogP contribution >= 0.6 is 0 Å². The minimum Gasteiger partial charge on any atom is -0.483 e. The molecular weight excluding hydrogens is 380 g/mol. The maximum absolute atomic E-state index is 13.5.